The molecule has 0 aliphatic heterocycles. The third kappa shape index (κ3) is 2.03. The van der Waals surface area contributed by atoms with E-state index in [0.29, 0.717) is 11.4 Å². The summed E-state index contributed by atoms with van der Waals surface area (Å²) in [6, 6.07) is 2.94. The van der Waals surface area contributed by atoms with Gasteiger partial charge in [0.1, 0.15) is 5.56 Å². The van der Waals surface area contributed by atoms with Crippen molar-refractivity contribution in [1.82, 2.24) is 0 Å². The summed E-state index contributed by atoms with van der Waals surface area (Å²) in [7, 11) is 1.46. The largest absolute Gasteiger partial charge is 0.493 e. The Bertz CT molecular complexity index is 426. The van der Waals surface area contributed by atoms with Gasteiger partial charge in [-0.25, -0.2) is 4.79 Å². The van der Waals surface area contributed by atoms with E-state index in [2.05, 4.69) is 0 Å². The van der Waals surface area contributed by atoms with E-state index in [0.717, 1.165) is 12.8 Å². The van der Waals surface area contributed by atoms with Gasteiger partial charge in [0.15, 0.2) is 11.5 Å². The second-order valence-electron chi connectivity index (χ2n) is 3.72. The van der Waals surface area contributed by atoms with E-state index >= 15 is 0 Å². The average Bonchev–Trinajstić information content (AvgIpc) is 3.03. The van der Waals surface area contributed by atoms with Crippen LogP contribution in [-0.4, -0.2) is 24.3 Å². The highest BCUT2D eigenvalue weighted by Crippen LogP contribution is 2.38. The number of carbonyl (C=O) groups is 1. The first-order valence-electron chi connectivity index (χ1n) is 4.99. The van der Waals surface area contributed by atoms with Crippen molar-refractivity contribution in [2.24, 2.45) is 0 Å². The van der Waals surface area contributed by atoms with Crippen LogP contribution in [0.25, 0.3) is 0 Å². The number of aromatic carboxylic acids is 1. The van der Waals surface area contributed by atoms with Crippen molar-refractivity contribution in [3.8, 4) is 11.5 Å². The Labute approximate surface area is 92.8 Å². The molecule has 0 heterocycles. The number of benzene rings is 1. The maximum absolute atomic E-state index is 11.1. The first kappa shape index (κ1) is 10.6. The van der Waals surface area contributed by atoms with Crippen molar-refractivity contribution in [3.63, 3.8) is 0 Å². The quantitative estimate of drug-likeness (QED) is 0.756. The molecule has 0 atom stereocenters. The SMILES string of the molecule is COc1cc(N)cc(C(=O)O)c1OC1CC1. The maximum Gasteiger partial charge on any atom is 0.339 e. The molecular weight excluding hydrogens is 210 g/mol. The molecule has 1 fully saturated rings. The minimum absolute atomic E-state index is 0.0451. The summed E-state index contributed by atoms with van der Waals surface area (Å²) in [6.45, 7) is 0. The van der Waals surface area contributed by atoms with E-state index in [-0.39, 0.29) is 17.4 Å². The predicted molar refractivity (Wildman–Crippen MR) is 58.0 cm³/mol. The van der Waals surface area contributed by atoms with Gasteiger partial charge in [-0.2, -0.15) is 0 Å². The van der Waals surface area contributed by atoms with Crippen molar-refractivity contribution in [2.45, 2.75) is 18.9 Å². The van der Waals surface area contributed by atoms with Gasteiger partial charge in [-0.1, -0.05) is 0 Å². The molecule has 86 valence electrons. The second-order valence-corrected chi connectivity index (χ2v) is 3.72. The molecule has 5 heteroatoms. The smallest absolute Gasteiger partial charge is 0.339 e. The lowest BCUT2D eigenvalue weighted by Gasteiger charge is -2.13. The topological polar surface area (TPSA) is 81.8 Å². The van der Waals surface area contributed by atoms with Crippen molar-refractivity contribution >= 4 is 11.7 Å². The average molecular weight is 223 g/mol. The summed E-state index contributed by atoms with van der Waals surface area (Å²) in [6.07, 6.45) is 2.01. The second kappa shape index (κ2) is 3.92. The summed E-state index contributed by atoms with van der Waals surface area (Å²) in [5.74, 6) is -0.433. The van der Waals surface area contributed by atoms with Crippen molar-refractivity contribution in [3.05, 3.63) is 17.7 Å². The minimum Gasteiger partial charge on any atom is -0.493 e. The molecule has 0 aromatic heterocycles. The number of nitrogens with two attached hydrogens (primary N) is 1. The lowest BCUT2D eigenvalue weighted by molar-refractivity contribution is 0.0691. The molecule has 0 amide bonds. The number of rotatable bonds is 4. The number of methoxy groups -OCH3 is 1. The van der Waals surface area contributed by atoms with Crippen LogP contribution in [0.15, 0.2) is 12.1 Å². The van der Waals surface area contributed by atoms with Crippen molar-refractivity contribution in [2.75, 3.05) is 12.8 Å². The predicted octanol–water partition coefficient (Wildman–Crippen LogP) is 1.52. The van der Waals surface area contributed by atoms with Gasteiger partial charge >= 0.3 is 5.97 Å². The first-order valence-corrected chi connectivity index (χ1v) is 4.99. The molecule has 5 nitrogen and oxygen atoms in total. The third-order valence-electron chi connectivity index (χ3n) is 2.34. The van der Waals surface area contributed by atoms with Crippen LogP contribution in [-0.2, 0) is 0 Å². The van der Waals surface area contributed by atoms with Crippen LogP contribution < -0.4 is 15.2 Å². The fourth-order valence-electron chi connectivity index (χ4n) is 1.41. The molecule has 0 bridgehead atoms. The maximum atomic E-state index is 11.1. The van der Waals surface area contributed by atoms with Crippen LogP contribution in [0.4, 0.5) is 5.69 Å². The highest BCUT2D eigenvalue weighted by atomic mass is 16.5. The van der Waals surface area contributed by atoms with E-state index < -0.39 is 5.97 Å². The highest BCUT2D eigenvalue weighted by molar-refractivity contribution is 5.93. The molecule has 2 rings (SSSR count). The van der Waals surface area contributed by atoms with Gasteiger partial charge < -0.3 is 20.3 Å². The lowest BCUT2D eigenvalue weighted by Crippen LogP contribution is -2.07. The van der Waals surface area contributed by atoms with Crippen LogP contribution in [0.2, 0.25) is 0 Å². The van der Waals surface area contributed by atoms with Crippen LogP contribution in [0.1, 0.15) is 23.2 Å². The molecule has 0 saturated heterocycles. The van der Waals surface area contributed by atoms with E-state index in [9.17, 15) is 4.79 Å². The monoisotopic (exact) mass is 223 g/mol. The number of hydrogen-bond acceptors (Lipinski definition) is 4. The Morgan fingerprint density at radius 3 is 2.69 bits per heavy atom. The molecule has 1 aliphatic rings. The molecule has 1 aromatic rings. The summed E-state index contributed by atoms with van der Waals surface area (Å²) in [4.78, 5) is 11.1. The van der Waals surface area contributed by atoms with Gasteiger partial charge in [0, 0.05) is 11.8 Å². The number of anilines is 1. The number of carboxylic acids is 1. The zero-order chi connectivity index (χ0) is 11.7. The number of hydrogen-bond donors (Lipinski definition) is 2. The summed E-state index contributed by atoms with van der Waals surface area (Å²) in [5, 5.41) is 9.05. The van der Waals surface area contributed by atoms with Crippen LogP contribution in [0.3, 0.4) is 0 Å². The van der Waals surface area contributed by atoms with Gasteiger partial charge in [-0.05, 0) is 18.9 Å². The van der Waals surface area contributed by atoms with Crippen molar-refractivity contribution < 1.29 is 19.4 Å². The molecule has 0 spiro atoms. The van der Waals surface area contributed by atoms with Gasteiger partial charge in [0.05, 0.1) is 13.2 Å². The summed E-state index contributed by atoms with van der Waals surface area (Å²) >= 11 is 0. The van der Waals surface area contributed by atoms with Gasteiger partial charge in [0.2, 0.25) is 0 Å². The standard InChI is InChI=1S/C11H13NO4/c1-15-9-5-6(12)4-8(11(13)14)10(9)16-7-2-3-7/h4-5,7H,2-3,12H2,1H3,(H,13,14). The fourth-order valence-corrected chi connectivity index (χ4v) is 1.41. The Hall–Kier alpha value is -1.91. The Morgan fingerprint density at radius 1 is 1.50 bits per heavy atom. The van der Waals surface area contributed by atoms with E-state index in [1.165, 1.54) is 13.2 Å². The molecule has 3 N–H and O–H groups in total. The Kier molecular flexibility index (Phi) is 2.60. The first-order chi connectivity index (χ1) is 7.61. The zero-order valence-corrected chi connectivity index (χ0v) is 8.90. The molecule has 0 unspecified atom stereocenters. The summed E-state index contributed by atoms with van der Waals surface area (Å²) in [5.41, 5.74) is 5.98. The van der Waals surface area contributed by atoms with E-state index in [1.807, 2.05) is 0 Å². The van der Waals surface area contributed by atoms with E-state index in [1.54, 1.807) is 6.07 Å². The van der Waals surface area contributed by atoms with Gasteiger partial charge in [-0.3, -0.25) is 0 Å². The van der Waals surface area contributed by atoms with Crippen LogP contribution >= 0.6 is 0 Å². The lowest BCUT2D eigenvalue weighted by atomic mass is 10.1. The molecule has 0 radical (unpaired) electrons. The molecule has 1 aromatic carbocycles. The normalized spacial score (nSPS) is 14.6. The minimum atomic E-state index is -1.07. The van der Waals surface area contributed by atoms with Crippen LogP contribution in [0, 0.1) is 0 Å². The number of nitrogen functional groups attached to an aromatic ring is 1. The molecule has 16 heavy (non-hydrogen) atoms. The number of carboxylic acid groups (broad SMARTS) is 1. The Balaban J connectivity index is 2.45. The van der Waals surface area contributed by atoms with Gasteiger partial charge in [-0.15, -0.1) is 0 Å². The van der Waals surface area contributed by atoms with Crippen molar-refractivity contribution in [1.29, 1.82) is 0 Å². The number of ether oxygens (including phenoxy) is 2. The molecule has 1 aliphatic carbocycles. The Morgan fingerprint density at radius 2 is 2.19 bits per heavy atom. The van der Waals surface area contributed by atoms with Crippen LogP contribution in [0.5, 0.6) is 11.5 Å². The molecule has 1 saturated carbocycles. The summed E-state index contributed by atoms with van der Waals surface area (Å²) < 4.78 is 10.6. The van der Waals surface area contributed by atoms with Gasteiger partial charge in [0.25, 0.3) is 0 Å². The molecular formula is C11H13NO4. The highest BCUT2D eigenvalue weighted by Gasteiger charge is 2.28. The zero-order valence-electron chi connectivity index (χ0n) is 8.90. The third-order valence-corrected chi connectivity index (χ3v) is 2.34. The fraction of sp³-hybridized carbons (Fsp3) is 0.364. The van der Waals surface area contributed by atoms with E-state index in [4.69, 9.17) is 20.3 Å².